The summed E-state index contributed by atoms with van der Waals surface area (Å²) in [5, 5.41) is 11.0. The lowest BCUT2D eigenvalue weighted by Crippen LogP contribution is -2.40. The summed E-state index contributed by atoms with van der Waals surface area (Å²) in [6.45, 7) is 2.61. The molecule has 1 aliphatic rings. The zero-order chi connectivity index (χ0) is 8.65. The molecule has 5 heteroatoms. The summed E-state index contributed by atoms with van der Waals surface area (Å²) < 4.78 is 0. The van der Waals surface area contributed by atoms with Crippen LogP contribution >= 0.6 is 0 Å². The molecular formula is C6H10N2O3. The lowest BCUT2D eigenvalue weighted by molar-refractivity contribution is -0.132. The maximum absolute atomic E-state index is 11.2. The van der Waals surface area contributed by atoms with Gasteiger partial charge in [-0.2, -0.15) is 0 Å². The smallest absolute Gasteiger partial charge is 0.326 e. The molecule has 3 amide bonds. The lowest BCUT2D eigenvalue weighted by atomic mass is 10.1. The predicted octanol–water partition coefficient (Wildman–Crippen LogP) is -0.733. The molecule has 0 radical (unpaired) electrons. The van der Waals surface area contributed by atoms with Crippen LogP contribution in [0.1, 0.15) is 13.8 Å². The molecule has 1 rings (SSSR count). The second kappa shape index (κ2) is 2.20. The van der Waals surface area contributed by atoms with Crippen molar-refractivity contribution in [2.75, 3.05) is 6.73 Å². The first-order valence-electron chi connectivity index (χ1n) is 3.24. The number of imide groups is 1. The van der Waals surface area contributed by atoms with Crippen molar-refractivity contribution in [3.05, 3.63) is 0 Å². The van der Waals surface area contributed by atoms with Crippen LogP contribution in [0.3, 0.4) is 0 Å². The van der Waals surface area contributed by atoms with Crippen LogP contribution in [0.2, 0.25) is 0 Å². The van der Waals surface area contributed by atoms with Gasteiger partial charge in [0.15, 0.2) is 0 Å². The van der Waals surface area contributed by atoms with Crippen LogP contribution < -0.4 is 5.32 Å². The van der Waals surface area contributed by atoms with Gasteiger partial charge in [0.2, 0.25) is 0 Å². The minimum absolute atomic E-state index is 0.398. The van der Waals surface area contributed by atoms with Crippen molar-refractivity contribution in [2.24, 2.45) is 0 Å². The van der Waals surface area contributed by atoms with Crippen molar-refractivity contribution < 1.29 is 14.7 Å². The van der Waals surface area contributed by atoms with Gasteiger partial charge in [-0.1, -0.05) is 0 Å². The van der Waals surface area contributed by atoms with Crippen molar-refractivity contribution in [2.45, 2.75) is 19.4 Å². The number of rotatable bonds is 1. The van der Waals surface area contributed by atoms with Gasteiger partial charge < -0.3 is 10.4 Å². The fourth-order valence-corrected chi connectivity index (χ4v) is 0.946. The van der Waals surface area contributed by atoms with Crippen molar-refractivity contribution in [1.29, 1.82) is 0 Å². The van der Waals surface area contributed by atoms with Crippen LogP contribution in [0, 0.1) is 0 Å². The fourth-order valence-electron chi connectivity index (χ4n) is 0.946. The fraction of sp³-hybridized carbons (Fsp3) is 0.667. The molecule has 11 heavy (non-hydrogen) atoms. The van der Waals surface area contributed by atoms with Crippen LogP contribution in [0.25, 0.3) is 0 Å². The zero-order valence-corrected chi connectivity index (χ0v) is 6.42. The quantitative estimate of drug-likeness (QED) is 0.494. The van der Waals surface area contributed by atoms with Crippen LogP contribution in [0.15, 0.2) is 0 Å². The summed E-state index contributed by atoms with van der Waals surface area (Å²) >= 11 is 0. The Labute approximate surface area is 64.0 Å². The Morgan fingerprint density at radius 1 is 1.55 bits per heavy atom. The second-order valence-electron chi connectivity index (χ2n) is 2.93. The second-order valence-corrected chi connectivity index (χ2v) is 2.93. The van der Waals surface area contributed by atoms with Gasteiger partial charge in [-0.25, -0.2) is 9.69 Å². The molecule has 1 fully saturated rings. The van der Waals surface area contributed by atoms with Crippen LogP contribution in [0.4, 0.5) is 4.79 Å². The molecule has 1 aliphatic heterocycles. The van der Waals surface area contributed by atoms with Crippen molar-refractivity contribution in [3.63, 3.8) is 0 Å². The van der Waals surface area contributed by atoms with E-state index in [4.69, 9.17) is 5.11 Å². The number of aliphatic hydroxyl groups is 1. The average Bonchev–Trinajstić information content (AvgIpc) is 2.04. The van der Waals surface area contributed by atoms with Gasteiger partial charge in [0.25, 0.3) is 5.91 Å². The van der Waals surface area contributed by atoms with E-state index >= 15 is 0 Å². The summed E-state index contributed by atoms with van der Waals surface area (Å²) in [6, 6.07) is -0.539. The van der Waals surface area contributed by atoms with Crippen LogP contribution in [-0.2, 0) is 4.79 Å². The highest BCUT2D eigenvalue weighted by atomic mass is 16.3. The molecule has 1 saturated heterocycles. The number of nitrogens with one attached hydrogen (secondary N) is 1. The molecule has 0 aromatic rings. The summed E-state index contributed by atoms with van der Waals surface area (Å²) in [7, 11) is 0. The molecule has 0 aromatic carbocycles. The third-order valence-corrected chi connectivity index (χ3v) is 1.59. The molecule has 0 atom stereocenters. The van der Waals surface area contributed by atoms with Gasteiger partial charge >= 0.3 is 6.03 Å². The van der Waals surface area contributed by atoms with E-state index in [1.807, 2.05) is 0 Å². The van der Waals surface area contributed by atoms with Gasteiger partial charge in [-0.3, -0.25) is 4.79 Å². The molecule has 0 saturated carbocycles. The number of amides is 3. The molecule has 1 heterocycles. The molecule has 2 N–H and O–H groups in total. The first-order valence-corrected chi connectivity index (χ1v) is 3.24. The number of hydrogen-bond donors (Lipinski definition) is 2. The maximum atomic E-state index is 11.2. The Morgan fingerprint density at radius 2 is 2.09 bits per heavy atom. The van der Waals surface area contributed by atoms with Crippen molar-refractivity contribution >= 4 is 11.9 Å². The number of aliphatic hydroxyl groups excluding tert-OH is 1. The van der Waals surface area contributed by atoms with Crippen molar-refractivity contribution in [3.8, 4) is 0 Å². The summed E-state index contributed by atoms with van der Waals surface area (Å²) in [5.74, 6) is -0.398. The third-order valence-electron chi connectivity index (χ3n) is 1.59. The van der Waals surface area contributed by atoms with E-state index in [2.05, 4.69) is 5.32 Å². The van der Waals surface area contributed by atoms with E-state index in [-0.39, 0.29) is 0 Å². The summed E-state index contributed by atoms with van der Waals surface area (Å²) in [6.07, 6.45) is 0. The van der Waals surface area contributed by atoms with E-state index < -0.39 is 24.2 Å². The van der Waals surface area contributed by atoms with Gasteiger partial charge in [-0.15, -0.1) is 0 Å². The van der Waals surface area contributed by atoms with Crippen LogP contribution in [-0.4, -0.2) is 34.2 Å². The molecular weight excluding hydrogens is 148 g/mol. The topological polar surface area (TPSA) is 69.6 Å². The van der Waals surface area contributed by atoms with Gasteiger partial charge in [0.1, 0.15) is 12.3 Å². The number of carbonyl (C=O) groups excluding carboxylic acids is 2. The highest BCUT2D eigenvalue weighted by Gasteiger charge is 2.43. The minimum atomic E-state index is -0.875. The standard InChI is InChI=1S/C6H10N2O3/c1-6(2)4(10)8(3-9)5(11)7-6/h9H,3H2,1-2H3,(H,7,11). The Morgan fingerprint density at radius 3 is 2.27 bits per heavy atom. The largest absolute Gasteiger partial charge is 0.376 e. The molecule has 5 nitrogen and oxygen atoms in total. The van der Waals surface area contributed by atoms with Gasteiger partial charge in [-0.05, 0) is 13.8 Å². The van der Waals surface area contributed by atoms with Gasteiger partial charge in [0.05, 0.1) is 0 Å². The molecule has 0 spiro atoms. The zero-order valence-electron chi connectivity index (χ0n) is 6.42. The summed E-state index contributed by atoms with van der Waals surface area (Å²) in [5.41, 5.74) is -0.875. The number of carbonyl (C=O) groups is 2. The normalized spacial score (nSPS) is 22.3. The maximum Gasteiger partial charge on any atom is 0.326 e. The van der Waals surface area contributed by atoms with E-state index in [9.17, 15) is 9.59 Å². The monoisotopic (exact) mass is 158 g/mol. The number of hydrogen-bond acceptors (Lipinski definition) is 3. The Bertz CT molecular complexity index is 212. The third kappa shape index (κ3) is 1.07. The molecule has 62 valence electrons. The average molecular weight is 158 g/mol. The van der Waals surface area contributed by atoms with Gasteiger partial charge in [0, 0.05) is 0 Å². The van der Waals surface area contributed by atoms with E-state index in [1.54, 1.807) is 13.8 Å². The SMILES string of the molecule is CC1(C)NC(=O)N(CO)C1=O. The summed E-state index contributed by atoms with van der Waals surface area (Å²) in [4.78, 5) is 22.8. The highest BCUT2D eigenvalue weighted by molar-refractivity contribution is 6.06. The highest BCUT2D eigenvalue weighted by Crippen LogP contribution is 2.14. The lowest BCUT2D eigenvalue weighted by Gasteiger charge is -2.13. The molecule has 0 bridgehead atoms. The molecule has 0 unspecified atom stereocenters. The van der Waals surface area contributed by atoms with E-state index in [1.165, 1.54) is 0 Å². The van der Waals surface area contributed by atoms with Crippen molar-refractivity contribution in [1.82, 2.24) is 10.2 Å². The van der Waals surface area contributed by atoms with Crippen LogP contribution in [0.5, 0.6) is 0 Å². The Hall–Kier alpha value is -1.10. The number of nitrogens with zero attached hydrogens (tertiary/aromatic N) is 1. The minimum Gasteiger partial charge on any atom is -0.376 e. The van der Waals surface area contributed by atoms with E-state index in [0.29, 0.717) is 0 Å². The molecule has 0 aromatic heterocycles. The molecule has 0 aliphatic carbocycles. The number of urea groups is 1. The first kappa shape index (κ1) is 8.00. The van der Waals surface area contributed by atoms with E-state index in [0.717, 1.165) is 4.90 Å². The Kier molecular flexibility index (Phi) is 1.60. The Balaban J connectivity index is 2.88. The predicted molar refractivity (Wildman–Crippen MR) is 36.5 cm³/mol. The first-order chi connectivity index (χ1) is 4.99.